The number of nitro groups is 1. The number of hydrogen-bond acceptors (Lipinski definition) is 7. The number of rotatable bonds is 7. The lowest BCUT2D eigenvalue weighted by Crippen LogP contribution is -2.22. The number of ether oxygens (including phenoxy) is 1. The van der Waals surface area contributed by atoms with Crippen LogP contribution in [0.25, 0.3) is 5.69 Å². The minimum Gasteiger partial charge on any atom is -0.462 e. The molecule has 11 nitrogen and oxygen atoms in total. The maximum absolute atomic E-state index is 13.2. The Bertz CT molecular complexity index is 1150. The number of aromatic nitrogens is 4. The summed E-state index contributed by atoms with van der Waals surface area (Å²) in [6.07, 6.45) is 0. The van der Waals surface area contributed by atoms with Gasteiger partial charge >= 0.3 is 11.7 Å². The van der Waals surface area contributed by atoms with Crippen molar-refractivity contribution in [1.82, 2.24) is 19.6 Å². The molecule has 1 amide bonds. The molecule has 0 radical (unpaired) electrons. The zero-order valence-electron chi connectivity index (χ0n) is 17.6. The van der Waals surface area contributed by atoms with E-state index in [0.29, 0.717) is 11.4 Å². The van der Waals surface area contributed by atoms with E-state index in [9.17, 15) is 19.7 Å². The summed E-state index contributed by atoms with van der Waals surface area (Å²) in [7, 11) is 0. The normalized spacial score (nSPS) is 10.7. The van der Waals surface area contributed by atoms with Crippen molar-refractivity contribution < 1.29 is 19.2 Å². The van der Waals surface area contributed by atoms with Crippen molar-refractivity contribution in [3.8, 4) is 5.69 Å². The van der Waals surface area contributed by atoms with E-state index in [1.807, 2.05) is 6.07 Å². The van der Waals surface area contributed by atoms with Gasteiger partial charge in [0.25, 0.3) is 5.91 Å². The topological polar surface area (TPSA) is 134 Å². The molecule has 0 unspecified atom stereocenters. The predicted molar refractivity (Wildman–Crippen MR) is 112 cm³/mol. The standard InChI is InChI=1S/C20H22N6O5/c1-5-24-17(16(26(29)30)13(4)22-24)19(27)21-18-15(20(28)31-6-2)12(3)23-25(18)14-10-8-7-9-11-14/h7-11H,5-6H2,1-4H3,(H,21,27). The van der Waals surface area contributed by atoms with E-state index in [0.717, 1.165) is 0 Å². The molecule has 1 aromatic carbocycles. The fourth-order valence-electron chi connectivity index (χ4n) is 3.26. The number of amides is 1. The predicted octanol–water partition coefficient (Wildman–Crippen LogP) is 3.04. The van der Waals surface area contributed by atoms with E-state index in [4.69, 9.17) is 4.74 Å². The van der Waals surface area contributed by atoms with Gasteiger partial charge in [-0.1, -0.05) is 18.2 Å². The zero-order valence-corrected chi connectivity index (χ0v) is 17.6. The summed E-state index contributed by atoms with van der Waals surface area (Å²) in [6, 6.07) is 8.88. The first-order chi connectivity index (χ1) is 14.8. The van der Waals surface area contributed by atoms with Crippen LogP contribution in [0.3, 0.4) is 0 Å². The SMILES string of the molecule is CCOC(=O)c1c(C)nn(-c2ccccc2)c1NC(=O)c1c([N+](=O)[O-])c(C)nn1CC. The van der Waals surface area contributed by atoms with E-state index in [2.05, 4.69) is 15.5 Å². The van der Waals surface area contributed by atoms with Crippen LogP contribution in [-0.4, -0.2) is 43.0 Å². The second-order valence-electron chi connectivity index (χ2n) is 6.59. The van der Waals surface area contributed by atoms with E-state index in [1.165, 1.54) is 16.3 Å². The van der Waals surface area contributed by atoms with Crippen molar-refractivity contribution >= 4 is 23.4 Å². The first-order valence-corrected chi connectivity index (χ1v) is 9.65. The lowest BCUT2D eigenvalue weighted by molar-refractivity contribution is -0.385. The zero-order chi connectivity index (χ0) is 22.7. The molecule has 2 heterocycles. The Morgan fingerprint density at radius 3 is 2.39 bits per heavy atom. The van der Waals surface area contributed by atoms with Gasteiger partial charge in [0.05, 0.1) is 22.9 Å². The van der Waals surface area contributed by atoms with Crippen molar-refractivity contribution in [3.05, 3.63) is 63.1 Å². The van der Waals surface area contributed by atoms with Crippen LogP contribution < -0.4 is 5.32 Å². The summed E-state index contributed by atoms with van der Waals surface area (Å²) in [6.45, 7) is 6.84. The van der Waals surface area contributed by atoms with Crippen molar-refractivity contribution in [2.45, 2.75) is 34.2 Å². The first kappa shape index (κ1) is 21.7. The fraction of sp³-hybridized carbons (Fsp3) is 0.300. The molecule has 3 aromatic rings. The third-order valence-electron chi connectivity index (χ3n) is 4.57. The molecule has 162 valence electrons. The Morgan fingerprint density at radius 1 is 1.13 bits per heavy atom. The first-order valence-electron chi connectivity index (χ1n) is 9.65. The van der Waals surface area contributed by atoms with Gasteiger partial charge in [-0.25, -0.2) is 9.48 Å². The van der Waals surface area contributed by atoms with Crippen LogP contribution in [-0.2, 0) is 11.3 Å². The summed E-state index contributed by atoms with van der Waals surface area (Å²) in [4.78, 5) is 36.7. The van der Waals surface area contributed by atoms with Crippen LogP contribution in [0.4, 0.5) is 11.5 Å². The summed E-state index contributed by atoms with van der Waals surface area (Å²) in [5.74, 6) is -1.38. The van der Waals surface area contributed by atoms with Crippen LogP contribution in [0.5, 0.6) is 0 Å². The third kappa shape index (κ3) is 4.02. The van der Waals surface area contributed by atoms with E-state index in [-0.39, 0.29) is 41.6 Å². The average Bonchev–Trinajstić information content (AvgIpc) is 3.25. The number of nitrogens with zero attached hydrogens (tertiary/aromatic N) is 5. The number of carbonyl (C=O) groups is 2. The van der Waals surface area contributed by atoms with E-state index < -0.39 is 16.8 Å². The highest BCUT2D eigenvalue weighted by Gasteiger charge is 2.32. The second-order valence-corrected chi connectivity index (χ2v) is 6.59. The van der Waals surface area contributed by atoms with Crippen molar-refractivity contribution in [2.24, 2.45) is 0 Å². The quantitative estimate of drug-likeness (QED) is 0.348. The van der Waals surface area contributed by atoms with E-state index >= 15 is 0 Å². The number of esters is 1. The van der Waals surface area contributed by atoms with Crippen LogP contribution >= 0.6 is 0 Å². The second kappa shape index (κ2) is 8.78. The lowest BCUT2D eigenvalue weighted by atomic mass is 10.2. The number of benzene rings is 1. The minimum atomic E-state index is -0.781. The third-order valence-corrected chi connectivity index (χ3v) is 4.57. The summed E-state index contributed by atoms with van der Waals surface area (Å²) < 4.78 is 7.77. The largest absolute Gasteiger partial charge is 0.462 e. The van der Waals surface area contributed by atoms with Gasteiger partial charge in [-0.2, -0.15) is 10.2 Å². The molecular weight excluding hydrogens is 404 g/mol. The van der Waals surface area contributed by atoms with Gasteiger partial charge in [0.2, 0.25) is 5.69 Å². The smallest absolute Gasteiger partial charge is 0.343 e. The molecular formula is C20H22N6O5. The maximum Gasteiger partial charge on any atom is 0.343 e. The Labute approximate surface area is 177 Å². The Hall–Kier alpha value is -4.02. The highest BCUT2D eigenvalue weighted by Crippen LogP contribution is 2.28. The Balaban J connectivity index is 2.16. The molecule has 0 aliphatic carbocycles. The summed E-state index contributed by atoms with van der Waals surface area (Å²) in [5, 5.41) is 22.7. The molecule has 0 fully saturated rings. The molecule has 0 saturated heterocycles. The molecule has 11 heteroatoms. The molecule has 3 rings (SSSR count). The highest BCUT2D eigenvalue weighted by molar-refractivity contribution is 6.09. The maximum atomic E-state index is 13.2. The average molecular weight is 426 g/mol. The molecule has 0 saturated carbocycles. The van der Waals surface area contributed by atoms with Crippen molar-refractivity contribution in [3.63, 3.8) is 0 Å². The van der Waals surface area contributed by atoms with Crippen LogP contribution in [0, 0.1) is 24.0 Å². The van der Waals surface area contributed by atoms with Gasteiger partial charge in [0.15, 0.2) is 5.82 Å². The van der Waals surface area contributed by atoms with E-state index in [1.54, 1.807) is 45.0 Å². The highest BCUT2D eigenvalue weighted by atomic mass is 16.6. The van der Waals surface area contributed by atoms with Gasteiger partial charge in [-0.3, -0.25) is 19.6 Å². The molecule has 0 spiro atoms. The molecule has 2 aromatic heterocycles. The van der Waals surface area contributed by atoms with Gasteiger partial charge in [-0.15, -0.1) is 0 Å². The van der Waals surface area contributed by atoms with Crippen LogP contribution in [0.1, 0.15) is 46.1 Å². The number of nitrogens with one attached hydrogen (secondary N) is 1. The van der Waals surface area contributed by atoms with Gasteiger partial charge < -0.3 is 10.1 Å². The Morgan fingerprint density at radius 2 is 1.81 bits per heavy atom. The number of hydrogen-bond donors (Lipinski definition) is 1. The van der Waals surface area contributed by atoms with Crippen molar-refractivity contribution in [1.29, 1.82) is 0 Å². The number of para-hydroxylation sites is 1. The van der Waals surface area contributed by atoms with Crippen LogP contribution in [0.15, 0.2) is 30.3 Å². The van der Waals surface area contributed by atoms with Crippen molar-refractivity contribution in [2.75, 3.05) is 11.9 Å². The number of carbonyl (C=O) groups excluding carboxylic acids is 2. The molecule has 1 N–H and O–H groups in total. The van der Waals surface area contributed by atoms with Gasteiger partial charge in [0, 0.05) is 6.54 Å². The number of aryl methyl sites for hydroxylation is 3. The molecule has 0 atom stereocenters. The molecule has 31 heavy (non-hydrogen) atoms. The lowest BCUT2D eigenvalue weighted by Gasteiger charge is -2.11. The Kier molecular flexibility index (Phi) is 6.14. The summed E-state index contributed by atoms with van der Waals surface area (Å²) in [5.41, 5.74) is 0.521. The van der Waals surface area contributed by atoms with Gasteiger partial charge in [0.1, 0.15) is 11.3 Å². The number of anilines is 1. The minimum absolute atomic E-state index is 0.0583. The van der Waals surface area contributed by atoms with Crippen LogP contribution in [0.2, 0.25) is 0 Å². The molecule has 0 aliphatic heterocycles. The molecule has 0 aliphatic rings. The van der Waals surface area contributed by atoms with Gasteiger partial charge in [-0.05, 0) is 39.8 Å². The molecule has 0 bridgehead atoms. The fourth-order valence-corrected chi connectivity index (χ4v) is 3.26. The summed E-state index contributed by atoms with van der Waals surface area (Å²) >= 11 is 0. The monoisotopic (exact) mass is 426 g/mol.